The van der Waals surface area contributed by atoms with Crippen LogP contribution in [0.15, 0.2) is 11.5 Å². The van der Waals surface area contributed by atoms with Gasteiger partial charge in [0.1, 0.15) is 5.76 Å². The van der Waals surface area contributed by atoms with Gasteiger partial charge in [-0.15, -0.1) is 0 Å². The molecule has 0 saturated carbocycles. The Bertz CT molecular complexity index is 368. The summed E-state index contributed by atoms with van der Waals surface area (Å²) in [6, 6.07) is 0. The molecule has 0 aliphatic rings. The monoisotopic (exact) mass is 255 g/mol. The van der Waals surface area contributed by atoms with E-state index in [1.54, 1.807) is 6.92 Å². The smallest absolute Gasteiger partial charge is 0.307 e. The summed E-state index contributed by atoms with van der Waals surface area (Å²) in [7, 11) is 0. The number of amides is 2. The molecule has 0 aromatic carbocycles. The van der Waals surface area contributed by atoms with Crippen LogP contribution in [0.4, 0.5) is 0 Å². The zero-order valence-corrected chi connectivity index (χ0v) is 11.9. The lowest BCUT2D eigenvalue weighted by Crippen LogP contribution is -2.34. The maximum atomic E-state index is 11.5. The van der Waals surface area contributed by atoms with Crippen molar-refractivity contribution >= 4 is 17.8 Å². The number of nitrogens with zero attached hydrogens (tertiary/aromatic N) is 1. The van der Waals surface area contributed by atoms with Crippen molar-refractivity contribution in [1.29, 1.82) is 0 Å². The Morgan fingerprint density at radius 2 is 1.44 bits per heavy atom. The lowest BCUT2D eigenvalue weighted by Gasteiger charge is -2.24. The molecule has 0 aliphatic heterocycles. The van der Waals surface area contributed by atoms with Crippen LogP contribution in [0.5, 0.6) is 0 Å². The fraction of sp³-hybridized carbons (Fsp3) is 0.615. The Kier molecular flexibility index (Phi) is 6.30. The first-order valence-electron chi connectivity index (χ1n) is 5.86. The molecule has 0 N–H and O–H groups in total. The maximum absolute atomic E-state index is 11.5. The van der Waals surface area contributed by atoms with Crippen LogP contribution in [0.1, 0.15) is 48.0 Å². The van der Waals surface area contributed by atoms with E-state index in [0.29, 0.717) is 17.9 Å². The van der Waals surface area contributed by atoms with Gasteiger partial charge in [0.15, 0.2) is 0 Å². The van der Waals surface area contributed by atoms with E-state index in [0.717, 1.165) is 4.90 Å². The second kappa shape index (κ2) is 6.93. The summed E-state index contributed by atoms with van der Waals surface area (Å²) in [4.78, 5) is 35.1. The van der Waals surface area contributed by atoms with Gasteiger partial charge < -0.3 is 4.74 Å². The van der Waals surface area contributed by atoms with E-state index >= 15 is 0 Å². The molecule has 18 heavy (non-hydrogen) atoms. The molecule has 0 bridgehead atoms. The number of hydrogen-bond acceptors (Lipinski definition) is 4. The highest BCUT2D eigenvalue weighted by Gasteiger charge is 2.23. The average molecular weight is 255 g/mol. The highest BCUT2D eigenvalue weighted by Crippen LogP contribution is 2.21. The molecular weight excluding hydrogens is 234 g/mol. The van der Waals surface area contributed by atoms with E-state index in [9.17, 15) is 14.4 Å². The van der Waals surface area contributed by atoms with Gasteiger partial charge in [-0.05, 0) is 19.3 Å². The summed E-state index contributed by atoms with van der Waals surface area (Å²) < 4.78 is 4.99. The molecule has 5 nitrogen and oxygen atoms in total. The third-order valence-electron chi connectivity index (χ3n) is 2.20. The highest BCUT2D eigenvalue weighted by molar-refractivity contribution is 5.95. The molecule has 0 aromatic heterocycles. The van der Waals surface area contributed by atoms with Crippen molar-refractivity contribution < 1.29 is 19.1 Å². The fourth-order valence-electron chi connectivity index (χ4n) is 1.66. The minimum Gasteiger partial charge on any atom is -0.430 e. The van der Waals surface area contributed by atoms with E-state index in [-0.39, 0.29) is 17.7 Å². The van der Waals surface area contributed by atoms with Crippen LogP contribution in [0.25, 0.3) is 0 Å². The maximum Gasteiger partial charge on any atom is 0.307 e. The van der Waals surface area contributed by atoms with Crippen molar-refractivity contribution in [2.45, 2.75) is 48.0 Å². The SMILES string of the molecule is CC(=O)O/C(C)=C(/CC(C)C)N(C(C)=O)C(C)=O. The lowest BCUT2D eigenvalue weighted by atomic mass is 10.1. The molecule has 0 fully saturated rings. The molecule has 0 rings (SSSR count). The molecule has 0 atom stereocenters. The molecule has 0 unspecified atom stereocenters. The number of hydrogen-bond donors (Lipinski definition) is 0. The average Bonchev–Trinajstić information content (AvgIpc) is 2.13. The van der Waals surface area contributed by atoms with Crippen LogP contribution in [0.3, 0.4) is 0 Å². The molecule has 0 saturated heterocycles. The van der Waals surface area contributed by atoms with Crippen LogP contribution >= 0.6 is 0 Å². The summed E-state index contributed by atoms with van der Waals surface area (Å²) >= 11 is 0. The highest BCUT2D eigenvalue weighted by atomic mass is 16.5. The number of esters is 1. The van der Waals surface area contributed by atoms with Crippen LogP contribution < -0.4 is 0 Å². The Morgan fingerprint density at radius 3 is 1.72 bits per heavy atom. The van der Waals surface area contributed by atoms with E-state index in [2.05, 4.69) is 0 Å². The van der Waals surface area contributed by atoms with Gasteiger partial charge in [-0.1, -0.05) is 13.8 Å². The molecule has 5 heteroatoms. The number of rotatable bonds is 4. The van der Waals surface area contributed by atoms with Crippen molar-refractivity contribution in [3.63, 3.8) is 0 Å². The first-order valence-corrected chi connectivity index (χ1v) is 5.86. The van der Waals surface area contributed by atoms with E-state index in [4.69, 9.17) is 4.74 Å². The third-order valence-corrected chi connectivity index (χ3v) is 2.20. The van der Waals surface area contributed by atoms with Gasteiger partial charge in [-0.3, -0.25) is 19.3 Å². The van der Waals surface area contributed by atoms with Crippen LogP contribution in [-0.4, -0.2) is 22.7 Å². The second-order valence-electron chi connectivity index (χ2n) is 4.57. The lowest BCUT2D eigenvalue weighted by molar-refractivity contribution is -0.142. The van der Waals surface area contributed by atoms with Gasteiger partial charge in [-0.25, -0.2) is 0 Å². The predicted molar refractivity (Wildman–Crippen MR) is 67.1 cm³/mol. The predicted octanol–water partition coefficient (Wildman–Crippen LogP) is 2.22. The van der Waals surface area contributed by atoms with E-state index < -0.39 is 5.97 Å². The first kappa shape index (κ1) is 16.4. The molecule has 0 aromatic rings. The summed E-state index contributed by atoms with van der Waals surface area (Å²) in [6.45, 7) is 9.39. The van der Waals surface area contributed by atoms with Gasteiger partial charge in [0.25, 0.3) is 0 Å². The Labute approximate surface area is 108 Å². The zero-order chi connectivity index (χ0) is 14.5. The Balaban J connectivity index is 5.50. The van der Waals surface area contributed by atoms with Gasteiger partial charge in [-0.2, -0.15) is 0 Å². The molecule has 2 amide bonds. The van der Waals surface area contributed by atoms with Crippen molar-refractivity contribution in [3.8, 4) is 0 Å². The van der Waals surface area contributed by atoms with Gasteiger partial charge in [0.05, 0.1) is 5.70 Å². The van der Waals surface area contributed by atoms with Crippen molar-refractivity contribution in [2.75, 3.05) is 0 Å². The van der Waals surface area contributed by atoms with Gasteiger partial charge >= 0.3 is 5.97 Å². The largest absolute Gasteiger partial charge is 0.430 e. The quantitative estimate of drug-likeness (QED) is 0.570. The van der Waals surface area contributed by atoms with Crippen molar-refractivity contribution in [3.05, 3.63) is 11.5 Å². The van der Waals surface area contributed by atoms with Crippen LogP contribution in [-0.2, 0) is 19.1 Å². The minimum absolute atomic E-state index is 0.228. The van der Waals surface area contributed by atoms with Crippen molar-refractivity contribution in [2.24, 2.45) is 5.92 Å². The van der Waals surface area contributed by atoms with Crippen LogP contribution in [0.2, 0.25) is 0 Å². The van der Waals surface area contributed by atoms with E-state index in [1.165, 1.54) is 20.8 Å². The fourth-order valence-corrected chi connectivity index (χ4v) is 1.66. The molecule has 102 valence electrons. The van der Waals surface area contributed by atoms with Gasteiger partial charge in [0, 0.05) is 20.8 Å². The molecule has 0 aliphatic carbocycles. The first-order chi connectivity index (χ1) is 8.16. The molecule has 0 spiro atoms. The number of allylic oxidation sites excluding steroid dienone is 2. The third kappa shape index (κ3) is 5.12. The minimum atomic E-state index is -0.471. The van der Waals surface area contributed by atoms with Gasteiger partial charge in [0.2, 0.25) is 11.8 Å². The normalized spacial score (nSPS) is 11.9. The summed E-state index contributed by atoms with van der Waals surface area (Å²) in [6.07, 6.45) is 0.484. The zero-order valence-electron chi connectivity index (χ0n) is 11.9. The standard InChI is InChI=1S/C13H21NO4/c1-8(2)7-13(9(3)18-12(6)17)14(10(4)15)11(5)16/h8H,7H2,1-6H3/b13-9-. The topological polar surface area (TPSA) is 63.7 Å². The number of ether oxygens (including phenoxy) is 1. The van der Waals surface area contributed by atoms with E-state index in [1.807, 2.05) is 13.8 Å². The molecular formula is C13H21NO4. The summed E-state index contributed by atoms with van der Waals surface area (Å²) in [5, 5.41) is 0. The molecule has 0 heterocycles. The number of carbonyl (C=O) groups excluding carboxylic acids is 3. The Morgan fingerprint density at radius 1 is 1.00 bits per heavy atom. The Hall–Kier alpha value is -1.65. The van der Waals surface area contributed by atoms with Crippen LogP contribution in [0, 0.1) is 5.92 Å². The summed E-state index contributed by atoms with van der Waals surface area (Å²) in [5.41, 5.74) is 0.445. The number of imide groups is 1. The summed E-state index contributed by atoms with van der Waals surface area (Å²) in [5.74, 6) is -0.719. The second-order valence-corrected chi connectivity index (χ2v) is 4.57. The molecule has 0 radical (unpaired) electrons. The number of carbonyl (C=O) groups is 3. The van der Waals surface area contributed by atoms with Crippen molar-refractivity contribution in [1.82, 2.24) is 4.90 Å².